The third-order valence-corrected chi connectivity index (χ3v) is 6.26. The Morgan fingerprint density at radius 1 is 1.03 bits per heavy atom. The molecule has 0 amide bonds. The third-order valence-electron chi connectivity index (χ3n) is 6.26. The van der Waals surface area contributed by atoms with Crippen LogP contribution in [0.4, 0.5) is 0 Å². The van der Waals surface area contributed by atoms with E-state index in [4.69, 9.17) is 4.74 Å². The van der Waals surface area contributed by atoms with Gasteiger partial charge < -0.3 is 4.74 Å². The molecule has 208 valence electrons. The van der Waals surface area contributed by atoms with Gasteiger partial charge in [0.25, 0.3) is 0 Å². The fourth-order valence-electron chi connectivity index (χ4n) is 2.81. The number of hydrogen-bond acceptors (Lipinski definition) is 4. The zero-order chi connectivity index (χ0) is 27.8. The highest BCUT2D eigenvalue weighted by Crippen LogP contribution is 2.26. The summed E-state index contributed by atoms with van der Waals surface area (Å²) >= 11 is 0. The summed E-state index contributed by atoms with van der Waals surface area (Å²) in [7, 11) is 0. The van der Waals surface area contributed by atoms with E-state index in [-0.39, 0.29) is 16.8 Å². The maximum atomic E-state index is 12.5. The number of rotatable bonds is 11. The Labute approximate surface area is 224 Å². The Morgan fingerprint density at radius 2 is 1.61 bits per heavy atom. The molecule has 0 radical (unpaired) electrons. The van der Waals surface area contributed by atoms with Gasteiger partial charge in [-0.25, -0.2) is 4.98 Å². The van der Waals surface area contributed by atoms with Crippen LogP contribution in [-0.4, -0.2) is 28.0 Å². The number of ether oxygens (including phenoxy) is 1. The lowest BCUT2D eigenvalue weighted by Gasteiger charge is -2.23. The standard InChI is InChI=1S/C25H42N2O2.C4H10.C3H6/c1-10-20(17-29-25(7,8)9)13-11-12-14-23(28)22-16-26-21(19(3)27-22)15-18(2)24(4,5)6;1-3-4-2;1-2-3-1/h15-16,20H,10-14,17H2,1-9H3;3-4H2,1-2H3;1-3H2/b18-15+;;/t20-;;/m1../s1. The molecule has 0 spiro atoms. The maximum absolute atomic E-state index is 12.5. The average Bonchev–Trinajstić information content (AvgIpc) is 3.68. The molecule has 1 aromatic rings. The van der Waals surface area contributed by atoms with Gasteiger partial charge in [0.05, 0.1) is 29.8 Å². The second-order valence-corrected chi connectivity index (χ2v) is 12.2. The number of aryl methyl sites for hydroxylation is 1. The summed E-state index contributed by atoms with van der Waals surface area (Å²) < 4.78 is 5.91. The van der Waals surface area contributed by atoms with E-state index in [9.17, 15) is 4.79 Å². The van der Waals surface area contributed by atoms with Crippen molar-refractivity contribution < 1.29 is 9.53 Å². The van der Waals surface area contributed by atoms with Crippen molar-refractivity contribution in [1.29, 1.82) is 0 Å². The molecule has 4 nitrogen and oxygen atoms in total. The molecule has 0 unspecified atom stereocenters. The van der Waals surface area contributed by atoms with Crippen LogP contribution in [0.2, 0.25) is 0 Å². The van der Waals surface area contributed by atoms with Crippen molar-refractivity contribution in [1.82, 2.24) is 9.97 Å². The topological polar surface area (TPSA) is 52.1 Å². The molecule has 0 N–H and O–H groups in total. The highest BCUT2D eigenvalue weighted by atomic mass is 16.5. The predicted octanol–water partition coefficient (Wildman–Crippen LogP) is 9.80. The second kappa shape index (κ2) is 17.8. The quantitative estimate of drug-likeness (QED) is 0.223. The van der Waals surface area contributed by atoms with Gasteiger partial charge in [-0.3, -0.25) is 9.78 Å². The van der Waals surface area contributed by atoms with E-state index in [0.29, 0.717) is 18.0 Å². The van der Waals surface area contributed by atoms with Gasteiger partial charge in [-0.15, -0.1) is 0 Å². The van der Waals surface area contributed by atoms with Crippen LogP contribution in [0, 0.1) is 18.3 Å². The summed E-state index contributed by atoms with van der Waals surface area (Å²) in [6, 6.07) is 0. The van der Waals surface area contributed by atoms with Crippen LogP contribution in [0.15, 0.2) is 11.8 Å². The molecule has 1 aromatic heterocycles. The van der Waals surface area contributed by atoms with Gasteiger partial charge in [0.1, 0.15) is 5.69 Å². The highest BCUT2D eigenvalue weighted by molar-refractivity contribution is 5.94. The van der Waals surface area contributed by atoms with E-state index in [2.05, 4.69) is 85.3 Å². The van der Waals surface area contributed by atoms with Gasteiger partial charge >= 0.3 is 0 Å². The number of unbranched alkanes of at least 4 members (excludes halogenated alkanes) is 2. The first kappa shape index (κ1) is 34.5. The molecular weight excluding hydrogens is 444 g/mol. The van der Waals surface area contributed by atoms with E-state index >= 15 is 0 Å². The number of aromatic nitrogens is 2. The lowest BCUT2D eigenvalue weighted by atomic mass is 9.87. The normalized spacial score (nSPS) is 14.2. The summed E-state index contributed by atoms with van der Waals surface area (Å²) in [4.78, 5) is 21.5. The molecule has 1 aliphatic rings. The molecule has 2 rings (SSSR count). The van der Waals surface area contributed by atoms with Crippen LogP contribution in [-0.2, 0) is 4.74 Å². The minimum Gasteiger partial charge on any atom is -0.376 e. The van der Waals surface area contributed by atoms with Crippen molar-refractivity contribution in [2.75, 3.05) is 6.61 Å². The van der Waals surface area contributed by atoms with Crippen LogP contribution in [0.1, 0.15) is 155 Å². The molecule has 0 aromatic carbocycles. The van der Waals surface area contributed by atoms with Gasteiger partial charge in [-0.1, -0.05) is 92.1 Å². The minimum atomic E-state index is -0.0906. The Balaban J connectivity index is 0.00000151. The lowest BCUT2D eigenvalue weighted by Crippen LogP contribution is -2.23. The Bertz CT molecular complexity index is 763. The molecule has 1 saturated carbocycles. The van der Waals surface area contributed by atoms with Crippen LogP contribution >= 0.6 is 0 Å². The smallest absolute Gasteiger partial charge is 0.182 e. The predicted molar refractivity (Wildman–Crippen MR) is 157 cm³/mol. The van der Waals surface area contributed by atoms with Crippen LogP contribution in [0.25, 0.3) is 6.08 Å². The van der Waals surface area contributed by atoms with E-state index in [0.717, 1.165) is 43.7 Å². The molecule has 36 heavy (non-hydrogen) atoms. The third kappa shape index (κ3) is 17.8. The monoisotopic (exact) mass is 502 g/mol. The maximum Gasteiger partial charge on any atom is 0.182 e. The summed E-state index contributed by atoms with van der Waals surface area (Å²) in [5.41, 5.74) is 3.39. The van der Waals surface area contributed by atoms with Crippen molar-refractivity contribution in [2.24, 2.45) is 11.3 Å². The molecule has 1 fully saturated rings. The van der Waals surface area contributed by atoms with Crippen LogP contribution in [0.5, 0.6) is 0 Å². The summed E-state index contributed by atoms with van der Waals surface area (Å²) in [6.45, 7) is 24.2. The van der Waals surface area contributed by atoms with Crippen molar-refractivity contribution in [3.63, 3.8) is 0 Å². The average molecular weight is 503 g/mol. The number of ketones is 1. The van der Waals surface area contributed by atoms with Crippen molar-refractivity contribution in [3.05, 3.63) is 28.9 Å². The summed E-state index contributed by atoms with van der Waals surface area (Å²) in [5.74, 6) is 0.645. The highest BCUT2D eigenvalue weighted by Gasteiger charge is 2.16. The van der Waals surface area contributed by atoms with Crippen LogP contribution < -0.4 is 0 Å². The molecule has 4 heteroatoms. The number of carbonyl (C=O) groups excluding carboxylic acids is 1. The molecule has 1 heterocycles. The zero-order valence-corrected chi connectivity index (χ0v) is 25.7. The molecule has 0 saturated heterocycles. The SMILES string of the molecule is C1CC1.CCCC.CC[C@H](CCCCC(=O)c1cnc(/C=C(\C)C(C)(C)C)c(C)n1)COC(C)(C)C. The number of carbonyl (C=O) groups is 1. The van der Waals surface area contributed by atoms with E-state index in [1.807, 2.05) is 6.92 Å². The molecular formula is C32H58N2O2. The minimum absolute atomic E-state index is 0.0858. The number of hydrogen-bond donors (Lipinski definition) is 0. The molecule has 1 atom stereocenters. The fraction of sp³-hybridized carbons (Fsp3) is 0.781. The largest absolute Gasteiger partial charge is 0.376 e. The van der Waals surface area contributed by atoms with Gasteiger partial charge in [0.15, 0.2) is 5.78 Å². The van der Waals surface area contributed by atoms with Gasteiger partial charge in [-0.2, -0.15) is 0 Å². The second-order valence-electron chi connectivity index (χ2n) is 12.2. The van der Waals surface area contributed by atoms with Crippen molar-refractivity contribution >= 4 is 11.9 Å². The van der Waals surface area contributed by atoms with E-state index in [1.54, 1.807) is 6.20 Å². The molecule has 1 aliphatic carbocycles. The van der Waals surface area contributed by atoms with Crippen LogP contribution in [0.3, 0.4) is 0 Å². The Morgan fingerprint density at radius 3 is 2.03 bits per heavy atom. The molecule has 0 aliphatic heterocycles. The molecule has 0 bridgehead atoms. The Kier molecular flexibility index (Phi) is 17.1. The number of nitrogens with zero attached hydrogens (tertiary/aromatic N) is 2. The fourth-order valence-corrected chi connectivity index (χ4v) is 2.81. The first-order valence-corrected chi connectivity index (χ1v) is 14.4. The van der Waals surface area contributed by atoms with Gasteiger partial charge in [-0.05, 0) is 64.9 Å². The van der Waals surface area contributed by atoms with E-state index < -0.39 is 0 Å². The summed E-state index contributed by atoms with van der Waals surface area (Å²) in [6.07, 6.45) is 15.5. The van der Waals surface area contributed by atoms with Crippen molar-refractivity contribution in [3.8, 4) is 0 Å². The first-order valence-electron chi connectivity index (χ1n) is 14.4. The first-order chi connectivity index (χ1) is 16.7. The zero-order valence-electron chi connectivity index (χ0n) is 25.7. The van der Waals surface area contributed by atoms with E-state index in [1.165, 1.54) is 37.7 Å². The Hall–Kier alpha value is -1.55. The van der Waals surface area contributed by atoms with Gasteiger partial charge in [0.2, 0.25) is 0 Å². The van der Waals surface area contributed by atoms with Gasteiger partial charge in [0, 0.05) is 6.42 Å². The number of allylic oxidation sites excluding steroid dienone is 1. The number of Topliss-reactive ketones (excluding diaryl/α,β-unsaturated/α-hetero) is 1. The summed E-state index contributed by atoms with van der Waals surface area (Å²) in [5, 5.41) is 0. The van der Waals surface area contributed by atoms with Crippen molar-refractivity contribution in [2.45, 2.75) is 146 Å². The lowest BCUT2D eigenvalue weighted by molar-refractivity contribution is -0.0243.